The van der Waals surface area contributed by atoms with Crippen LogP contribution in [-0.4, -0.2) is 49.8 Å². The summed E-state index contributed by atoms with van der Waals surface area (Å²) in [6.07, 6.45) is 1.21. The molecule has 11 heteroatoms. The van der Waals surface area contributed by atoms with Gasteiger partial charge in [0.05, 0.1) is 16.7 Å². The Kier molecular flexibility index (Phi) is 10.7. The van der Waals surface area contributed by atoms with Gasteiger partial charge in [-0.15, -0.1) is 0 Å². The maximum Gasteiger partial charge on any atom is 0.435 e. The van der Waals surface area contributed by atoms with Crippen molar-refractivity contribution in [2.45, 2.75) is 78.2 Å². The van der Waals surface area contributed by atoms with Gasteiger partial charge in [0.2, 0.25) is 5.91 Å². The standard InChI is InChI=1S/C20H32N4O5S2/c1-12(2)16(24-19-21-10-15(11-25)30-19)8-17(26)23-14(4)31(28)22-9-13(3)18(27)29-20(5,6)7/h10-14,16,18,27H,8H2,1-7H3,(H-,21,23,24,25,26)/p+1. The molecule has 1 amide bonds. The predicted molar refractivity (Wildman–Crippen MR) is 123 cm³/mol. The first-order valence-corrected chi connectivity index (χ1v) is 12.0. The summed E-state index contributed by atoms with van der Waals surface area (Å²) in [6.45, 7) is 12.6. The van der Waals surface area contributed by atoms with Gasteiger partial charge in [-0.1, -0.05) is 25.2 Å². The molecule has 174 valence electrons. The third-order valence-corrected chi connectivity index (χ3v) is 5.94. The van der Waals surface area contributed by atoms with Gasteiger partial charge in [-0.25, -0.2) is 4.98 Å². The minimum atomic E-state index is -1.76. The fraction of sp³-hybridized carbons (Fsp3) is 0.700. The Morgan fingerprint density at radius 3 is 2.55 bits per heavy atom. The largest absolute Gasteiger partial charge is 0.435 e. The van der Waals surface area contributed by atoms with Gasteiger partial charge in [-0.05, 0) is 40.5 Å². The molecule has 1 aromatic rings. The SMILES string of the molecule is CC(C)C(CC(=O)NC(C)S(=O)[N+]#CC(C)C(O)OC(C)(C)C)Nc1ncc(C=O)s1. The molecule has 0 spiro atoms. The highest BCUT2D eigenvalue weighted by molar-refractivity contribution is 7.87. The van der Waals surface area contributed by atoms with Crippen LogP contribution in [0.3, 0.4) is 0 Å². The van der Waals surface area contributed by atoms with Gasteiger partial charge < -0.3 is 20.5 Å². The summed E-state index contributed by atoms with van der Waals surface area (Å²) in [5.41, 5.74) is -0.537. The second-order valence-corrected chi connectivity index (χ2v) is 11.0. The number of carbonyl (C=O) groups is 2. The lowest BCUT2D eigenvalue weighted by Gasteiger charge is -2.24. The van der Waals surface area contributed by atoms with E-state index in [1.165, 1.54) is 17.5 Å². The number of ether oxygens (including phenoxy) is 1. The van der Waals surface area contributed by atoms with Crippen molar-refractivity contribution in [3.8, 4) is 6.07 Å². The molecule has 5 atom stereocenters. The van der Waals surface area contributed by atoms with Crippen LogP contribution in [0, 0.1) is 17.9 Å². The van der Waals surface area contributed by atoms with Gasteiger partial charge in [0.15, 0.2) is 23.1 Å². The molecule has 1 aromatic heterocycles. The van der Waals surface area contributed by atoms with Crippen molar-refractivity contribution in [2.75, 3.05) is 5.32 Å². The summed E-state index contributed by atoms with van der Waals surface area (Å²) in [6, 6.07) is 2.39. The summed E-state index contributed by atoms with van der Waals surface area (Å²) in [5, 5.41) is 15.7. The molecular formula is C20H33N4O5S2+. The smallest absolute Gasteiger partial charge is 0.367 e. The molecule has 31 heavy (non-hydrogen) atoms. The number of carbonyl (C=O) groups excluding carboxylic acids is 2. The van der Waals surface area contributed by atoms with Crippen molar-refractivity contribution in [1.82, 2.24) is 10.3 Å². The van der Waals surface area contributed by atoms with Crippen molar-refractivity contribution < 1.29 is 23.6 Å². The molecule has 9 nitrogen and oxygen atoms in total. The van der Waals surface area contributed by atoms with Gasteiger partial charge in [0.1, 0.15) is 5.92 Å². The summed E-state index contributed by atoms with van der Waals surface area (Å²) in [5.74, 6) is -0.764. The van der Waals surface area contributed by atoms with Crippen molar-refractivity contribution in [3.63, 3.8) is 0 Å². The molecular weight excluding hydrogens is 440 g/mol. The number of nitrogens with zero attached hydrogens (tertiary/aromatic N) is 2. The van der Waals surface area contributed by atoms with Gasteiger partial charge in [-0.2, -0.15) is 4.21 Å². The molecule has 3 N–H and O–H groups in total. The molecule has 0 aliphatic rings. The average molecular weight is 474 g/mol. The Balaban J connectivity index is 2.63. The fourth-order valence-corrected chi connectivity index (χ4v) is 3.65. The first-order valence-electron chi connectivity index (χ1n) is 10.0. The molecule has 1 heterocycles. The van der Waals surface area contributed by atoms with Crippen LogP contribution < -0.4 is 10.6 Å². The number of aromatic nitrogens is 1. The predicted octanol–water partition coefficient (Wildman–Crippen LogP) is 3.01. The number of anilines is 1. The second kappa shape index (κ2) is 12.2. The normalized spacial score (nSPS) is 16.4. The zero-order chi connectivity index (χ0) is 23.8. The highest BCUT2D eigenvalue weighted by atomic mass is 32.2. The monoisotopic (exact) mass is 473 g/mol. The van der Waals surface area contributed by atoms with E-state index in [9.17, 15) is 18.9 Å². The summed E-state index contributed by atoms with van der Waals surface area (Å²) in [7, 11) is -1.76. The van der Waals surface area contributed by atoms with Crippen LogP contribution in [0.4, 0.5) is 5.13 Å². The van der Waals surface area contributed by atoms with Crippen molar-refractivity contribution in [2.24, 2.45) is 11.8 Å². The van der Waals surface area contributed by atoms with Crippen LogP contribution in [0.25, 0.3) is 4.25 Å². The van der Waals surface area contributed by atoms with E-state index in [0.29, 0.717) is 10.0 Å². The lowest BCUT2D eigenvalue weighted by atomic mass is 10.0. The molecule has 0 saturated heterocycles. The third-order valence-electron chi connectivity index (χ3n) is 4.07. The number of aldehydes is 1. The Bertz CT molecular complexity index is 826. The quantitative estimate of drug-likeness (QED) is 0.353. The van der Waals surface area contributed by atoms with E-state index >= 15 is 0 Å². The van der Waals surface area contributed by atoms with E-state index < -0.39 is 34.2 Å². The van der Waals surface area contributed by atoms with Crippen molar-refractivity contribution in [3.05, 3.63) is 15.3 Å². The summed E-state index contributed by atoms with van der Waals surface area (Å²) in [4.78, 5) is 27.9. The zero-order valence-corrected chi connectivity index (χ0v) is 20.7. The van der Waals surface area contributed by atoms with Crippen LogP contribution >= 0.6 is 11.3 Å². The third kappa shape index (κ3) is 10.3. The Morgan fingerprint density at radius 1 is 1.39 bits per heavy atom. The molecule has 0 bridgehead atoms. The molecule has 0 aliphatic heterocycles. The molecule has 0 saturated carbocycles. The average Bonchev–Trinajstić information content (AvgIpc) is 3.11. The van der Waals surface area contributed by atoms with Crippen LogP contribution in [0.2, 0.25) is 0 Å². The number of hydrogen-bond acceptors (Lipinski definition) is 8. The van der Waals surface area contributed by atoms with Gasteiger partial charge in [0.25, 0.3) is 0 Å². The minimum absolute atomic E-state index is 0.117. The first kappa shape index (κ1) is 27.2. The van der Waals surface area contributed by atoms with Gasteiger partial charge in [-0.3, -0.25) is 9.59 Å². The number of aliphatic hydroxyl groups excluding tert-OH is 1. The molecule has 0 aromatic carbocycles. The van der Waals surface area contributed by atoms with Crippen molar-refractivity contribution >= 4 is 39.6 Å². The van der Waals surface area contributed by atoms with Crippen molar-refractivity contribution in [1.29, 1.82) is 0 Å². The van der Waals surface area contributed by atoms with Gasteiger partial charge in [0, 0.05) is 16.7 Å². The highest BCUT2D eigenvalue weighted by Crippen LogP contribution is 2.20. The van der Waals surface area contributed by atoms with E-state index in [0.717, 1.165) is 6.29 Å². The number of amides is 1. The van der Waals surface area contributed by atoms with E-state index in [1.54, 1.807) is 13.8 Å². The topological polar surface area (TPSA) is 122 Å². The van der Waals surface area contributed by atoms with Crippen LogP contribution in [0.5, 0.6) is 0 Å². The Hall–Kier alpha value is -1.87. The first-order chi connectivity index (χ1) is 14.3. The number of hydrogen-bond donors (Lipinski definition) is 3. The van der Waals surface area contributed by atoms with E-state index in [1.807, 2.05) is 34.6 Å². The maximum atomic E-state index is 12.4. The Morgan fingerprint density at radius 2 is 2.03 bits per heavy atom. The fourth-order valence-electron chi connectivity index (χ4n) is 2.30. The molecule has 1 rings (SSSR count). The van der Waals surface area contributed by atoms with E-state index in [-0.39, 0.29) is 24.3 Å². The summed E-state index contributed by atoms with van der Waals surface area (Å²) >= 11 is 1.21. The van der Waals surface area contributed by atoms with E-state index in [4.69, 9.17) is 4.74 Å². The van der Waals surface area contributed by atoms with Crippen LogP contribution in [0.15, 0.2) is 6.20 Å². The van der Waals surface area contributed by atoms with Gasteiger partial charge >= 0.3 is 17.1 Å². The lowest BCUT2D eigenvalue weighted by Crippen LogP contribution is -2.39. The van der Waals surface area contributed by atoms with Crippen LogP contribution in [0.1, 0.15) is 64.6 Å². The highest BCUT2D eigenvalue weighted by Gasteiger charge is 2.28. The molecule has 5 unspecified atom stereocenters. The minimum Gasteiger partial charge on any atom is -0.367 e. The zero-order valence-electron chi connectivity index (χ0n) is 19.0. The van der Waals surface area contributed by atoms with E-state index in [2.05, 4.69) is 25.9 Å². The van der Waals surface area contributed by atoms with Crippen LogP contribution in [-0.2, 0) is 20.5 Å². The summed E-state index contributed by atoms with van der Waals surface area (Å²) < 4.78 is 21.6. The second-order valence-electron chi connectivity index (χ2n) is 8.50. The lowest BCUT2D eigenvalue weighted by molar-refractivity contribution is -0.179. The number of nitrogens with one attached hydrogen (secondary N) is 2. The maximum absolute atomic E-state index is 12.4. The molecule has 0 aliphatic carbocycles. The Labute approximate surface area is 190 Å². The molecule has 0 radical (unpaired) electrons. The number of rotatable bonds is 10. The number of aliphatic hydroxyl groups is 1. The number of thiazole rings is 1. The molecule has 0 fully saturated rings.